The van der Waals surface area contributed by atoms with E-state index in [0.717, 1.165) is 0 Å². The van der Waals surface area contributed by atoms with Crippen LogP contribution < -0.4 is 61.0 Å². The molecule has 328 valence electrons. The van der Waals surface area contributed by atoms with Gasteiger partial charge < -0.3 is 76.3 Å². The molecule has 0 saturated carbocycles. The normalized spacial score (nSPS) is 13.8. The van der Waals surface area contributed by atoms with Gasteiger partial charge in [-0.15, -0.1) is 0 Å². The van der Waals surface area contributed by atoms with Gasteiger partial charge in [-0.1, -0.05) is 0 Å². The minimum atomic E-state index is -1.55. The molecule has 0 saturated heterocycles. The summed E-state index contributed by atoms with van der Waals surface area (Å²) in [5.74, 6) is -9.77. The van der Waals surface area contributed by atoms with Gasteiger partial charge in [0, 0.05) is 32.4 Å². The van der Waals surface area contributed by atoms with E-state index in [-0.39, 0.29) is 75.7 Å². The van der Waals surface area contributed by atoms with Crippen LogP contribution in [0.15, 0.2) is 9.98 Å². The molecule has 6 atom stereocenters. The lowest BCUT2D eigenvalue weighted by Gasteiger charge is -2.27. The third-order valence-electron chi connectivity index (χ3n) is 7.98. The predicted octanol–water partition coefficient (Wildman–Crippen LogP) is -5.32. The van der Waals surface area contributed by atoms with E-state index in [1.54, 1.807) is 6.26 Å². The zero-order valence-corrected chi connectivity index (χ0v) is 33.0. The number of nitrogens with zero attached hydrogens (tertiary/aromatic N) is 2. The highest BCUT2D eigenvalue weighted by Gasteiger charge is 2.33. The van der Waals surface area contributed by atoms with Gasteiger partial charge in [-0.3, -0.25) is 48.3 Å². The van der Waals surface area contributed by atoms with Crippen LogP contribution in [0.25, 0.3) is 0 Å². The Hall–Kier alpha value is -5.92. The van der Waals surface area contributed by atoms with Crippen LogP contribution in [0.2, 0.25) is 0 Å². The topological polar surface area (TPSA) is 455 Å². The number of thioether (sulfide) groups is 1. The van der Waals surface area contributed by atoms with Crippen molar-refractivity contribution < 1.29 is 58.5 Å². The highest BCUT2D eigenvalue weighted by molar-refractivity contribution is 7.98. The third-order valence-corrected chi connectivity index (χ3v) is 8.62. The molecule has 0 aromatic carbocycles. The molecule has 25 nitrogen and oxygen atoms in total. The smallest absolute Gasteiger partial charge is 0.326 e. The van der Waals surface area contributed by atoms with Gasteiger partial charge in [0.15, 0.2) is 11.9 Å². The summed E-state index contributed by atoms with van der Waals surface area (Å²) in [7, 11) is 0. The zero-order chi connectivity index (χ0) is 44.4. The first-order valence-electron chi connectivity index (χ1n) is 18.0. The number of amides is 6. The maximum atomic E-state index is 13.7. The van der Waals surface area contributed by atoms with E-state index < -0.39 is 115 Å². The van der Waals surface area contributed by atoms with E-state index in [4.69, 9.17) is 39.5 Å². The molecule has 20 N–H and O–H groups in total. The Labute approximate surface area is 338 Å². The number of hydrogen-bond acceptors (Lipinski definition) is 13. The van der Waals surface area contributed by atoms with Gasteiger partial charge in [-0.2, -0.15) is 11.8 Å². The van der Waals surface area contributed by atoms with Crippen LogP contribution in [0.3, 0.4) is 0 Å². The summed E-state index contributed by atoms with van der Waals surface area (Å²) in [6.07, 6.45) is -0.874. The van der Waals surface area contributed by atoms with E-state index in [1.165, 1.54) is 11.8 Å². The number of nitrogens with two attached hydrogens (primary N) is 6. The number of aliphatic imine (C=N–C) groups is 2. The van der Waals surface area contributed by atoms with E-state index >= 15 is 0 Å². The maximum absolute atomic E-state index is 13.7. The van der Waals surface area contributed by atoms with Gasteiger partial charge in [-0.25, -0.2) is 4.79 Å². The molecule has 0 bridgehead atoms. The molecule has 0 aliphatic carbocycles. The molecule has 6 amide bonds. The molecule has 0 fully saturated rings. The van der Waals surface area contributed by atoms with E-state index in [2.05, 4.69) is 36.6 Å². The lowest BCUT2D eigenvalue weighted by Crippen LogP contribution is -2.59. The van der Waals surface area contributed by atoms with Crippen LogP contribution in [0.1, 0.15) is 70.6 Å². The Morgan fingerprint density at radius 2 is 0.879 bits per heavy atom. The van der Waals surface area contributed by atoms with Crippen LogP contribution in [0, 0.1) is 0 Å². The monoisotopic (exact) mass is 847 g/mol. The summed E-state index contributed by atoms with van der Waals surface area (Å²) in [5.41, 5.74) is 32.4. The number of primary amides is 1. The van der Waals surface area contributed by atoms with E-state index in [0.29, 0.717) is 0 Å². The van der Waals surface area contributed by atoms with Crippen LogP contribution in [0.4, 0.5) is 0 Å². The summed E-state index contributed by atoms with van der Waals surface area (Å²) in [4.78, 5) is 120. The predicted molar refractivity (Wildman–Crippen MR) is 210 cm³/mol. The number of carboxylic acid groups (broad SMARTS) is 3. The number of carbonyl (C=O) groups is 9. The fourth-order valence-corrected chi connectivity index (χ4v) is 5.38. The second-order valence-electron chi connectivity index (χ2n) is 12.8. The highest BCUT2D eigenvalue weighted by Crippen LogP contribution is 2.09. The SMILES string of the molecule is CSCC[C@H](NC(=O)[C@H](CCC(=O)O)NC(=O)[C@@H](N)CCC(=O)O)C(=O)N[C@@H](CCC(N)=O)C(=O)N[C@@H](CCCN=C(N)N)C(=O)N[C@@H](CCCN=C(N)N)C(=O)O. The van der Waals surface area contributed by atoms with Crippen LogP contribution in [0.5, 0.6) is 0 Å². The molecule has 0 unspecified atom stereocenters. The fraction of sp³-hybridized carbons (Fsp3) is 0.656. The first-order valence-corrected chi connectivity index (χ1v) is 19.4. The lowest BCUT2D eigenvalue weighted by atomic mass is 10.0. The first kappa shape index (κ1) is 52.1. The fourth-order valence-electron chi connectivity index (χ4n) is 4.91. The standard InChI is InChI=1S/C32H57N13O12S/c1-58-15-12-20(44-28(54)19(8-11-24(49)50)41-25(51)16(33)6-10-23(47)48)29(55)43-18(7-9-22(34)46)27(53)42-17(4-2-13-39-31(35)36)26(52)45-21(30(56)57)5-3-14-40-32(37)38/h16-21H,2-15,33H2,1H3,(H2,34,46)(H,41,51)(H,42,53)(H,43,55)(H,44,54)(H,45,52)(H,47,48)(H,49,50)(H,56,57)(H4,35,36,39)(H4,37,38,40)/t16-,17-,18-,19-,20-,21-/m0/s1. The zero-order valence-electron chi connectivity index (χ0n) is 32.1. The summed E-state index contributed by atoms with van der Waals surface area (Å²) in [6, 6.07) is -8.68. The number of carbonyl (C=O) groups excluding carboxylic acids is 6. The quantitative estimate of drug-likeness (QED) is 0.0176. The van der Waals surface area contributed by atoms with Gasteiger partial charge in [0.05, 0.1) is 6.04 Å². The Kier molecular flexibility index (Phi) is 25.6. The maximum Gasteiger partial charge on any atom is 0.326 e. The summed E-state index contributed by atoms with van der Waals surface area (Å²) >= 11 is 1.28. The van der Waals surface area contributed by atoms with Gasteiger partial charge in [0.2, 0.25) is 35.4 Å². The Balaban J connectivity index is 6.38. The molecular weight excluding hydrogens is 790 g/mol. The van der Waals surface area contributed by atoms with Crippen molar-refractivity contribution in [3.8, 4) is 0 Å². The number of rotatable bonds is 31. The average molecular weight is 848 g/mol. The molecule has 0 aromatic rings. The minimum Gasteiger partial charge on any atom is -0.481 e. The first-order chi connectivity index (χ1) is 27.2. The Morgan fingerprint density at radius 1 is 0.517 bits per heavy atom. The number of hydrogen-bond donors (Lipinski definition) is 14. The third kappa shape index (κ3) is 23.9. The van der Waals surface area contributed by atoms with Crippen molar-refractivity contribution in [2.45, 2.75) is 107 Å². The molecule has 0 aliphatic rings. The van der Waals surface area contributed by atoms with Crippen molar-refractivity contribution in [2.75, 3.05) is 25.1 Å². The van der Waals surface area contributed by atoms with E-state index in [9.17, 15) is 53.4 Å². The van der Waals surface area contributed by atoms with Crippen LogP contribution in [-0.4, -0.2) is 142 Å². The summed E-state index contributed by atoms with van der Waals surface area (Å²) in [6.45, 7) is 0.0877. The molecule has 0 radical (unpaired) electrons. The van der Waals surface area contributed by atoms with Crippen molar-refractivity contribution in [2.24, 2.45) is 44.4 Å². The number of aliphatic carboxylic acids is 3. The molecule has 0 rings (SSSR count). The van der Waals surface area contributed by atoms with Gasteiger partial charge in [0.25, 0.3) is 0 Å². The molecule has 0 spiro atoms. The second-order valence-corrected chi connectivity index (χ2v) is 13.8. The Bertz CT molecular complexity index is 1490. The summed E-state index contributed by atoms with van der Waals surface area (Å²) < 4.78 is 0. The molecular formula is C32H57N13O12S. The average Bonchev–Trinajstić information content (AvgIpc) is 3.13. The molecule has 0 heterocycles. The van der Waals surface area contributed by atoms with Gasteiger partial charge in [-0.05, 0) is 63.4 Å². The van der Waals surface area contributed by atoms with Crippen molar-refractivity contribution >= 4 is 77.0 Å². The van der Waals surface area contributed by atoms with Crippen LogP contribution in [-0.2, 0) is 43.2 Å². The minimum absolute atomic E-state index is 0.0176. The number of guanidine groups is 2. The van der Waals surface area contributed by atoms with Crippen molar-refractivity contribution in [1.29, 1.82) is 0 Å². The van der Waals surface area contributed by atoms with Crippen molar-refractivity contribution in [3.05, 3.63) is 0 Å². The van der Waals surface area contributed by atoms with Crippen LogP contribution >= 0.6 is 11.8 Å². The van der Waals surface area contributed by atoms with Gasteiger partial charge in [0.1, 0.15) is 30.2 Å². The van der Waals surface area contributed by atoms with Crippen molar-refractivity contribution in [1.82, 2.24) is 26.6 Å². The molecule has 0 aliphatic heterocycles. The van der Waals surface area contributed by atoms with Crippen molar-refractivity contribution in [3.63, 3.8) is 0 Å². The van der Waals surface area contributed by atoms with E-state index in [1.807, 2.05) is 0 Å². The lowest BCUT2D eigenvalue weighted by molar-refractivity contribution is -0.142. The number of nitrogens with one attached hydrogen (secondary N) is 5. The highest BCUT2D eigenvalue weighted by atomic mass is 32.2. The van der Waals surface area contributed by atoms with Gasteiger partial charge >= 0.3 is 17.9 Å². The second kappa shape index (κ2) is 28.5. The Morgan fingerprint density at radius 3 is 1.28 bits per heavy atom. The summed E-state index contributed by atoms with van der Waals surface area (Å²) in [5, 5.41) is 39.8. The number of carboxylic acids is 3. The molecule has 26 heteroatoms. The molecule has 58 heavy (non-hydrogen) atoms. The largest absolute Gasteiger partial charge is 0.481 e. The molecule has 0 aromatic heterocycles.